The van der Waals surface area contributed by atoms with E-state index in [4.69, 9.17) is 4.74 Å². The van der Waals surface area contributed by atoms with E-state index in [1.807, 2.05) is 0 Å². The number of nitrogens with zero attached hydrogens (tertiary/aromatic N) is 2. The Morgan fingerprint density at radius 1 is 1.18 bits per heavy atom. The predicted molar refractivity (Wildman–Crippen MR) is 71.5 cm³/mol. The summed E-state index contributed by atoms with van der Waals surface area (Å²) in [4.78, 5) is 0. The first-order valence-electron chi connectivity index (χ1n) is 6.02. The largest absolute Gasteiger partial charge is 0.383 e. The van der Waals surface area contributed by atoms with Gasteiger partial charge in [-0.1, -0.05) is 20.8 Å². The van der Waals surface area contributed by atoms with Crippen LogP contribution in [0.4, 0.5) is 0 Å². The minimum Gasteiger partial charge on any atom is -0.383 e. The normalized spacial score (nSPS) is 12.0. The van der Waals surface area contributed by atoms with Crippen molar-refractivity contribution in [3.05, 3.63) is 10.0 Å². The Labute approximate surface area is 108 Å². The van der Waals surface area contributed by atoms with Crippen molar-refractivity contribution in [1.29, 1.82) is 0 Å². The van der Waals surface area contributed by atoms with Crippen LogP contribution in [0, 0.1) is 5.41 Å². The van der Waals surface area contributed by atoms with E-state index in [-0.39, 0.29) is 5.41 Å². The maximum atomic E-state index is 4.97. The van der Waals surface area contributed by atoms with E-state index in [0.717, 1.165) is 42.6 Å². The Kier molecular flexibility index (Phi) is 6.02. The molecule has 0 aliphatic heterocycles. The van der Waals surface area contributed by atoms with Crippen molar-refractivity contribution in [3.8, 4) is 0 Å². The van der Waals surface area contributed by atoms with Crippen molar-refractivity contribution in [2.45, 2.75) is 33.6 Å². The number of hydrogen-bond acceptors (Lipinski definition) is 5. The Hall–Kier alpha value is -0.520. The Balaban J connectivity index is 2.26. The van der Waals surface area contributed by atoms with Crippen LogP contribution in [-0.4, -0.2) is 37.0 Å². The quantitative estimate of drug-likeness (QED) is 0.758. The molecule has 0 spiro atoms. The molecule has 98 valence electrons. The van der Waals surface area contributed by atoms with Gasteiger partial charge in [0.1, 0.15) is 10.0 Å². The summed E-state index contributed by atoms with van der Waals surface area (Å²) in [5.74, 6) is 0. The maximum Gasteiger partial charge on any atom is 0.118 e. The molecule has 1 heterocycles. The van der Waals surface area contributed by atoms with Crippen LogP contribution in [-0.2, 0) is 17.6 Å². The number of aromatic nitrogens is 2. The number of hydrogen-bond donors (Lipinski definition) is 1. The van der Waals surface area contributed by atoms with Crippen LogP contribution in [0.3, 0.4) is 0 Å². The monoisotopic (exact) mass is 257 g/mol. The zero-order chi connectivity index (χ0) is 12.7. The van der Waals surface area contributed by atoms with Gasteiger partial charge < -0.3 is 10.1 Å². The van der Waals surface area contributed by atoms with Gasteiger partial charge in [0.25, 0.3) is 0 Å². The number of nitrogens with one attached hydrogen (secondary N) is 1. The van der Waals surface area contributed by atoms with Crippen LogP contribution in [0.15, 0.2) is 0 Å². The number of methoxy groups -OCH3 is 1. The molecule has 0 saturated heterocycles. The molecule has 0 aromatic carbocycles. The summed E-state index contributed by atoms with van der Waals surface area (Å²) < 4.78 is 4.97. The fraction of sp³-hybridized carbons (Fsp3) is 0.833. The average molecular weight is 257 g/mol. The molecular formula is C12H23N3OS. The predicted octanol–water partition coefficient (Wildman–Crippen LogP) is 1.91. The highest BCUT2D eigenvalue weighted by Crippen LogP contribution is 2.22. The van der Waals surface area contributed by atoms with Crippen molar-refractivity contribution in [3.63, 3.8) is 0 Å². The van der Waals surface area contributed by atoms with Gasteiger partial charge in [-0.25, -0.2) is 0 Å². The summed E-state index contributed by atoms with van der Waals surface area (Å²) >= 11 is 1.73. The van der Waals surface area contributed by atoms with E-state index in [9.17, 15) is 0 Å². The molecule has 4 nitrogen and oxygen atoms in total. The molecule has 0 fully saturated rings. The van der Waals surface area contributed by atoms with E-state index in [2.05, 4.69) is 36.3 Å². The van der Waals surface area contributed by atoms with Crippen molar-refractivity contribution in [1.82, 2.24) is 15.5 Å². The van der Waals surface area contributed by atoms with E-state index < -0.39 is 0 Å². The fourth-order valence-electron chi connectivity index (χ4n) is 1.41. The van der Waals surface area contributed by atoms with Crippen LogP contribution in [0.25, 0.3) is 0 Å². The van der Waals surface area contributed by atoms with E-state index in [1.54, 1.807) is 18.4 Å². The molecule has 0 aliphatic rings. The van der Waals surface area contributed by atoms with Gasteiger partial charge in [-0.2, -0.15) is 0 Å². The SMILES string of the molecule is COCCNCCc1nnc(CC(C)(C)C)s1. The summed E-state index contributed by atoms with van der Waals surface area (Å²) in [5.41, 5.74) is 0.285. The molecule has 0 amide bonds. The van der Waals surface area contributed by atoms with Gasteiger partial charge in [-0.3, -0.25) is 0 Å². The van der Waals surface area contributed by atoms with Crippen LogP contribution >= 0.6 is 11.3 Å². The van der Waals surface area contributed by atoms with E-state index in [1.165, 1.54) is 0 Å². The highest BCUT2D eigenvalue weighted by Gasteiger charge is 2.14. The van der Waals surface area contributed by atoms with E-state index >= 15 is 0 Å². The standard InChI is InChI=1S/C12H23N3OS/c1-12(2,3)9-11-15-14-10(17-11)5-6-13-7-8-16-4/h13H,5-9H2,1-4H3. The van der Waals surface area contributed by atoms with Crippen molar-refractivity contribution < 1.29 is 4.74 Å². The van der Waals surface area contributed by atoms with Crippen molar-refractivity contribution in [2.75, 3.05) is 26.8 Å². The lowest BCUT2D eigenvalue weighted by Crippen LogP contribution is -2.21. The van der Waals surface area contributed by atoms with Crippen LogP contribution in [0.5, 0.6) is 0 Å². The summed E-state index contributed by atoms with van der Waals surface area (Å²) in [7, 11) is 1.71. The third-order valence-electron chi connectivity index (χ3n) is 2.19. The lowest BCUT2D eigenvalue weighted by Gasteiger charge is -2.14. The van der Waals surface area contributed by atoms with Gasteiger partial charge in [0.15, 0.2) is 0 Å². The van der Waals surface area contributed by atoms with Gasteiger partial charge in [-0.15, -0.1) is 21.5 Å². The molecule has 1 aromatic rings. The first kappa shape index (κ1) is 14.5. The van der Waals surface area contributed by atoms with Crippen LogP contribution in [0.2, 0.25) is 0 Å². The smallest absolute Gasteiger partial charge is 0.118 e. The lowest BCUT2D eigenvalue weighted by molar-refractivity contribution is 0.199. The highest BCUT2D eigenvalue weighted by molar-refractivity contribution is 7.11. The second-order valence-corrected chi connectivity index (χ2v) is 6.47. The second kappa shape index (κ2) is 7.03. The molecule has 0 saturated carbocycles. The molecule has 5 heteroatoms. The molecule has 0 atom stereocenters. The fourth-order valence-corrected chi connectivity index (χ4v) is 2.55. The maximum absolute atomic E-state index is 4.97. The molecule has 0 radical (unpaired) electrons. The molecule has 1 N–H and O–H groups in total. The van der Waals surface area contributed by atoms with Gasteiger partial charge in [0.2, 0.25) is 0 Å². The van der Waals surface area contributed by atoms with E-state index in [0.29, 0.717) is 0 Å². The molecule has 0 bridgehead atoms. The van der Waals surface area contributed by atoms with Crippen molar-refractivity contribution >= 4 is 11.3 Å². The first-order valence-corrected chi connectivity index (χ1v) is 6.84. The summed E-state index contributed by atoms with van der Waals surface area (Å²) in [6.07, 6.45) is 1.95. The molecule has 1 aromatic heterocycles. The topological polar surface area (TPSA) is 47.0 Å². The minimum absolute atomic E-state index is 0.285. The van der Waals surface area contributed by atoms with Crippen LogP contribution < -0.4 is 5.32 Å². The van der Waals surface area contributed by atoms with Crippen LogP contribution in [0.1, 0.15) is 30.8 Å². The summed E-state index contributed by atoms with van der Waals surface area (Å²) in [5, 5.41) is 14.0. The average Bonchev–Trinajstić information content (AvgIpc) is 2.63. The molecular weight excluding hydrogens is 234 g/mol. The third-order valence-corrected chi connectivity index (χ3v) is 3.17. The highest BCUT2D eigenvalue weighted by atomic mass is 32.1. The zero-order valence-electron chi connectivity index (χ0n) is 11.2. The molecule has 1 rings (SSSR count). The van der Waals surface area contributed by atoms with Gasteiger partial charge in [0.05, 0.1) is 6.61 Å². The Bertz CT molecular complexity index is 320. The number of ether oxygens (including phenoxy) is 1. The minimum atomic E-state index is 0.285. The lowest BCUT2D eigenvalue weighted by atomic mass is 9.93. The third kappa shape index (κ3) is 6.71. The molecule has 17 heavy (non-hydrogen) atoms. The van der Waals surface area contributed by atoms with Crippen molar-refractivity contribution in [2.24, 2.45) is 5.41 Å². The molecule has 0 unspecified atom stereocenters. The first-order chi connectivity index (χ1) is 8.01. The Morgan fingerprint density at radius 3 is 2.53 bits per heavy atom. The number of rotatable bonds is 7. The van der Waals surface area contributed by atoms with Gasteiger partial charge >= 0.3 is 0 Å². The summed E-state index contributed by atoms with van der Waals surface area (Å²) in [6.45, 7) is 9.25. The van der Waals surface area contributed by atoms with Gasteiger partial charge in [0, 0.05) is 33.0 Å². The second-order valence-electron chi connectivity index (χ2n) is 5.32. The summed E-state index contributed by atoms with van der Waals surface area (Å²) in [6, 6.07) is 0. The Morgan fingerprint density at radius 2 is 1.88 bits per heavy atom. The zero-order valence-corrected chi connectivity index (χ0v) is 12.1. The molecule has 0 aliphatic carbocycles. The van der Waals surface area contributed by atoms with Gasteiger partial charge in [-0.05, 0) is 5.41 Å².